The first-order valence-corrected chi connectivity index (χ1v) is 7.68. The number of hydrogen-bond donors (Lipinski definition) is 1. The second-order valence-electron chi connectivity index (χ2n) is 5.57. The zero-order valence-electron chi connectivity index (χ0n) is 13.5. The van der Waals surface area contributed by atoms with E-state index in [-0.39, 0.29) is 5.78 Å². The van der Waals surface area contributed by atoms with Crippen LogP contribution in [0.1, 0.15) is 16.1 Å². The maximum absolute atomic E-state index is 12.9. The van der Waals surface area contributed by atoms with Crippen LogP contribution >= 0.6 is 0 Å². The second-order valence-corrected chi connectivity index (χ2v) is 5.57. The number of aromatic amines is 2. The predicted octanol–water partition coefficient (Wildman–Crippen LogP) is 3.10. The van der Waals surface area contributed by atoms with Crippen LogP contribution in [0.15, 0.2) is 54.0 Å². The summed E-state index contributed by atoms with van der Waals surface area (Å²) < 4.78 is 5.24. The lowest BCUT2D eigenvalue weighted by Crippen LogP contribution is -2.04. The molecule has 122 valence electrons. The van der Waals surface area contributed by atoms with Crippen molar-refractivity contribution in [3.05, 3.63) is 60.3 Å². The van der Waals surface area contributed by atoms with Crippen LogP contribution in [0, 0.1) is 0 Å². The molecule has 0 amide bonds. The number of rotatable bonds is 4. The molecule has 0 bridgehead atoms. The lowest BCUT2D eigenvalue weighted by molar-refractivity contribution is -0.375. The Morgan fingerprint density at radius 2 is 2.16 bits per heavy atom. The third kappa shape index (κ3) is 2.35. The molecule has 25 heavy (non-hydrogen) atoms. The summed E-state index contributed by atoms with van der Waals surface area (Å²) in [6.45, 7) is 3.63. The molecule has 0 aliphatic rings. The average Bonchev–Trinajstić information content (AvgIpc) is 3.11. The Morgan fingerprint density at radius 3 is 2.96 bits per heavy atom. The average molecular weight is 331 g/mol. The van der Waals surface area contributed by atoms with E-state index in [2.05, 4.69) is 26.7 Å². The van der Waals surface area contributed by atoms with Crippen molar-refractivity contribution >= 4 is 39.9 Å². The van der Waals surface area contributed by atoms with Crippen LogP contribution in [0.3, 0.4) is 0 Å². The molecule has 3 aromatic heterocycles. The molecule has 0 radical (unpaired) electrons. The van der Waals surface area contributed by atoms with Gasteiger partial charge in [-0.2, -0.15) is 0 Å². The Kier molecular flexibility index (Phi) is 3.50. The second kappa shape index (κ2) is 5.83. The molecule has 0 aliphatic heterocycles. The third-order valence-electron chi connectivity index (χ3n) is 4.22. The van der Waals surface area contributed by atoms with Gasteiger partial charge in [-0.3, -0.25) is 14.8 Å². The molecule has 6 nitrogen and oxygen atoms in total. The normalized spacial score (nSPS) is 10.9. The van der Waals surface area contributed by atoms with Crippen molar-refractivity contribution in [3.8, 4) is 5.75 Å². The van der Waals surface area contributed by atoms with E-state index in [0.29, 0.717) is 17.0 Å². The number of aliphatic imine (C=N–C) groups is 1. The van der Waals surface area contributed by atoms with E-state index >= 15 is 0 Å². The molecule has 4 aromatic rings. The molecular formula is C19H15N4O2+. The van der Waals surface area contributed by atoms with Gasteiger partial charge in [-0.25, -0.2) is 4.98 Å². The van der Waals surface area contributed by atoms with Gasteiger partial charge in [0, 0.05) is 28.6 Å². The first kappa shape index (κ1) is 15.0. The highest BCUT2D eigenvalue weighted by atomic mass is 16.5. The van der Waals surface area contributed by atoms with E-state index in [0.717, 1.165) is 27.4 Å². The Morgan fingerprint density at radius 1 is 1.28 bits per heavy atom. The van der Waals surface area contributed by atoms with Gasteiger partial charge >= 0.3 is 0 Å². The summed E-state index contributed by atoms with van der Waals surface area (Å²) in [4.78, 5) is 27.2. The van der Waals surface area contributed by atoms with Gasteiger partial charge in [-0.15, -0.1) is 0 Å². The summed E-state index contributed by atoms with van der Waals surface area (Å²) in [5.41, 5.74) is 2.53. The summed E-state index contributed by atoms with van der Waals surface area (Å²) in [5, 5.41) is 2.90. The highest BCUT2D eigenvalue weighted by Gasteiger charge is 2.18. The molecule has 3 heterocycles. The number of H-pyrrole nitrogens is 2. The van der Waals surface area contributed by atoms with Crippen LogP contribution in [0.4, 0.5) is 5.69 Å². The minimum Gasteiger partial charge on any atom is -0.494 e. The Bertz CT molecular complexity index is 1130. The molecule has 0 saturated carbocycles. The van der Waals surface area contributed by atoms with Gasteiger partial charge < -0.3 is 9.72 Å². The monoisotopic (exact) mass is 331 g/mol. The Hall–Kier alpha value is -3.54. The largest absolute Gasteiger partial charge is 0.494 e. The van der Waals surface area contributed by atoms with E-state index in [9.17, 15) is 4.79 Å². The number of nitrogens with zero attached hydrogens (tertiary/aromatic N) is 2. The molecule has 0 aliphatic carbocycles. The van der Waals surface area contributed by atoms with Crippen LogP contribution < -0.4 is 9.72 Å². The van der Waals surface area contributed by atoms with Crippen LogP contribution in [-0.2, 0) is 0 Å². The zero-order chi connectivity index (χ0) is 17.4. The number of pyridine rings is 2. The Balaban J connectivity index is 1.94. The highest BCUT2D eigenvalue weighted by molar-refractivity contribution is 6.16. The smallest absolute Gasteiger partial charge is 0.213 e. The number of methoxy groups -OCH3 is 1. The number of carbonyl (C=O) groups excluding carboxylic acids is 1. The van der Waals surface area contributed by atoms with Crippen molar-refractivity contribution in [1.29, 1.82) is 0 Å². The molecule has 0 fully saturated rings. The van der Waals surface area contributed by atoms with Crippen molar-refractivity contribution < 1.29 is 14.5 Å². The third-order valence-corrected chi connectivity index (χ3v) is 4.22. The number of nitrogens with one attached hydrogen (secondary N) is 2. The van der Waals surface area contributed by atoms with Gasteiger partial charge in [0.25, 0.3) is 0 Å². The number of hydrogen-bond acceptors (Lipinski definition) is 4. The molecule has 0 unspecified atom stereocenters. The lowest BCUT2D eigenvalue weighted by Gasteiger charge is -2.04. The summed E-state index contributed by atoms with van der Waals surface area (Å²) in [5.74, 6) is 0.290. The molecular weight excluding hydrogens is 316 g/mol. The summed E-state index contributed by atoms with van der Waals surface area (Å²) >= 11 is 0. The number of ketones is 1. The van der Waals surface area contributed by atoms with Crippen LogP contribution in [0.5, 0.6) is 5.75 Å². The lowest BCUT2D eigenvalue weighted by atomic mass is 10.1. The molecule has 1 aromatic carbocycles. The highest BCUT2D eigenvalue weighted by Crippen LogP contribution is 2.33. The van der Waals surface area contributed by atoms with E-state index in [4.69, 9.17) is 4.74 Å². The number of aromatic nitrogens is 3. The quantitative estimate of drug-likeness (QED) is 0.461. The summed E-state index contributed by atoms with van der Waals surface area (Å²) in [6, 6.07) is 7.35. The van der Waals surface area contributed by atoms with E-state index in [1.807, 2.05) is 30.6 Å². The molecule has 6 heteroatoms. The fraction of sp³-hybridized carbons (Fsp3) is 0.0526. The molecule has 0 spiro atoms. The minimum atomic E-state index is -0.154. The molecule has 0 atom stereocenters. The maximum atomic E-state index is 12.9. The first-order valence-electron chi connectivity index (χ1n) is 7.68. The van der Waals surface area contributed by atoms with Gasteiger partial charge in [0.05, 0.1) is 35.6 Å². The standard InChI is InChI=1S/C19H14N4O2/c1-20-15-8-16-13(11-3-5-21-9-14(11)15)7-17(23-16)19(24)12-4-6-22-10-18(12)25-2/h3-10,23H,1H2,2H3/p+1. The predicted molar refractivity (Wildman–Crippen MR) is 95.8 cm³/mol. The van der Waals surface area contributed by atoms with Gasteiger partial charge in [-0.05, 0) is 24.9 Å². The van der Waals surface area contributed by atoms with E-state index < -0.39 is 0 Å². The van der Waals surface area contributed by atoms with Crippen molar-refractivity contribution in [2.24, 2.45) is 4.99 Å². The number of ether oxygens (including phenoxy) is 1. The fourth-order valence-corrected chi connectivity index (χ4v) is 3.03. The van der Waals surface area contributed by atoms with Crippen molar-refractivity contribution in [2.45, 2.75) is 0 Å². The summed E-state index contributed by atoms with van der Waals surface area (Å²) in [7, 11) is 1.52. The maximum Gasteiger partial charge on any atom is 0.213 e. The van der Waals surface area contributed by atoms with Crippen molar-refractivity contribution in [3.63, 3.8) is 0 Å². The van der Waals surface area contributed by atoms with Crippen LogP contribution in [0.2, 0.25) is 0 Å². The van der Waals surface area contributed by atoms with E-state index in [1.165, 1.54) is 13.3 Å². The fourth-order valence-electron chi connectivity index (χ4n) is 3.03. The van der Waals surface area contributed by atoms with Crippen molar-refractivity contribution in [1.82, 2.24) is 9.97 Å². The van der Waals surface area contributed by atoms with Crippen molar-refractivity contribution in [2.75, 3.05) is 7.11 Å². The van der Waals surface area contributed by atoms with Gasteiger partial charge in [0.1, 0.15) is 5.75 Å². The van der Waals surface area contributed by atoms with Gasteiger partial charge in [0.15, 0.2) is 12.4 Å². The SMILES string of the molecule is C=Nc1cc2[nH]c(C(=O)c3ccncc3OC)cc2c2cc[nH+]cc12. The number of fused-ring (bicyclic) bond motifs is 3. The van der Waals surface area contributed by atoms with Gasteiger partial charge in [-0.1, -0.05) is 0 Å². The van der Waals surface area contributed by atoms with Crippen LogP contribution in [-0.4, -0.2) is 29.6 Å². The number of benzene rings is 1. The van der Waals surface area contributed by atoms with Gasteiger partial charge in [0.2, 0.25) is 5.78 Å². The van der Waals surface area contributed by atoms with Crippen LogP contribution in [0.25, 0.3) is 21.7 Å². The molecule has 2 N–H and O–H groups in total. The molecule has 4 rings (SSSR count). The Labute approximate surface area is 143 Å². The topological polar surface area (TPSA) is 81.5 Å². The number of carbonyl (C=O) groups is 1. The summed E-state index contributed by atoms with van der Waals surface area (Å²) in [6.07, 6.45) is 6.82. The zero-order valence-corrected chi connectivity index (χ0v) is 13.5. The minimum absolute atomic E-state index is 0.154. The van der Waals surface area contributed by atoms with E-state index in [1.54, 1.807) is 12.3 Å². The molecule has 0 saturated heterocycles. The first-order chi connectivity index (χ1) is 12.2.